The van der Waals surface area contributed by atoms with E-state index in [4.69, 9.17) is 15.3 Å². The van der Waals surface area contributed by atoms with Crippen LogP contribution < -0.4 is 0 Å². The van der Waals surface area contributed by atoms with E-state index in [1.54, 1.807) is 0 Å². The van der Waals surface area contributed by atoms with Crippen LogP contribution >= 0.6 is 0 Å². The molecule has 12 heavy (non-hydrogen) atoms. The predicted octanol–water partition coefficient (Wildman–Crippen LogP) is -0.147. The Labute approximate surface area is 68.9 Å². The van der Waals surface area contributed by atoms with Crippen molar-refractivity contribution < 1.29 is 24.9 Å². The van der Waals surface area contributed by atoms with E-state index in [9.17, 15) is 9.59 Å². The van der Waals surface area contributed by atoms with Crippen molar-refractivity contribution in [3.63, 3.8) is 0 Å². The molecule has 0 rings (SSSR count). The summed E-state index contributed by atoms with van der Waals surface area (Å²) in [5.74, 6) is -2.65. The minimum absolute atomic E-state index is 0.165. The van der Waals surface area contributed by atoms with Gasteiger partial charge in [-0.3, -0.25) is 0 Å². The maximum Gasteiger partial charge on any atom is 0.331 e. The number of aliphatic hydroxyl groups excluding tert-OH is 1. The molecule has 0 radical (unpaired) electrons. The Morgan fingerprint density at radius 2 is 1.92 bits per heavy atom. The molecule has 0 spiro atoms. The van der Waals surface area contributed by atoms with Crippen LogP contribution in [-0.4, -0.2) is 33.4 Å². The zero-order valence-electron chi connectivity index (χ0n) is 6.52. The van der Waals surface area contributed by atoms with Gasteiger partial charge >= 0.3 is 11.9 Å². The van der Waals surface area contributed by atoms with Crippen molar-refractivity contribution in [2.24, 2.45) is 0 Å². The third-order valence-corrected chi connectivity index (χ3v) is 1.09. The highest BCUT2D eigenvalue weighted by molar-refractivity contribution is 5.94. The van der Waals surface area contributed by atoms with Crippen LogP contribution in [0.1, 0.15) is 13.3 Å². The van der Waals surface area contributed by atoms with Gasteiger partial charge in [0.25, 0.3) is 0 Å². The predicted molar refractivity (Wildman–Crippen MR) is 39.7 cm³/mol. The number of hydrogen-bond donors (Lipinski definition) is 3. The van der Waals surface area contributed by atoms with Crippen LogP contribution in [0.3, 0.4) is 0 Å². The highest BCUT2D eigenvalue weighted by Crippen LogP contribution is 2.05. The Hall–Kier alpha value is -1.36. The van der Waals surface area contributed by atoms with E-state index in [0.29, 0.717) is 6.08 Å². The first kappa shape index (κ1) is 10.6. The average Bonchev–Trinajstić information content (AvgIpc) is 1.83. The van der Waals surface area contributed by atoms with Gasteiger partial charge in [-0.2, -0.15) is 0 Å². The smallest absolute Gasteiger partial charge is 0.331 e. The van der Waals surface area contributed by atoms with E-state index < -0.39 is 18.0 Å². The lowest BCUT2D eigenvalue weighted by Crippen LogP contribution is -2.10. The van der Waals surface area contributed by atoms with Crippen LogP contribution in [0, 0.1) is 0 Å². The lowest BCUT2D eigenvalue weighted by Gasteiger charge is -2.02. The van der Waals surface area contributed by atoms with Gasteiger partial charge < -0.3 is 15.3 Å². The molecular formula is C7H10O5. The zero-order valence-corrected chi connectivity index (χ0v) is 6.52. The Kier molecular flexibility index (Phi) is 3.99. The molecule has 0 saturated heterocycles. The molecule has 68 valence electrons. The molecule has 3 N–H and O–H groups in total. The summed E-state index contributed by atoms with van der Waals surface area (Å²) in [4.78, 5) is 20.4. The molecule has 0 bridgehead atoms. The summed E-state index contributed by atoms with van der Waals surface area (Å²) in [6.07, 6.45) is -0.442. The molecule has 0 aliphatic carbocycles. The molecule has 0 saturated carbocycles. The van der Waals surface area contributed by atoms with Crippen LogP contribution in [0.4, 0.5) is 0 Å². The van der Waals surface area contributed by atoms with Crippen LogP contribution in [0.2, 0.25) is 0 Å². The minimum atomic E-state index is -1.33. The minimum Gasteiger partial charge on any atom is -0.478 e. The van der Waals surface area contributed by atoms with Crippen LogP contribution in [-0.2, 0) is 9.59 Å². The van der Waals surface area contributed by atoms with Gasteiger partial charge in [-0.15, -0.1) is 0 Å². The van der Waals surface area contributed by atoms with E-state index in [1.807, 2.05) is 0 Å². The topological polar surface area (TPSA) is 94.8 Å². The van der Waals surface area contributed by atoms with Gasteiger partial charge in [0, 0.05) is 18.1 Å². The van der Waals surface area contributed by atoms with Crippen molar-refractivity contribution in [3.8, 4) is 0 Å². The summed E-state index contributed by atoms with van der Waals surface area (Å²) in [6, 6.07) is 0. The second-order valence-electron chi connectivity index (χ2n) is 2.37. The quantitative estimate of drug-likeness (QED) is 0.515. The highest BCUT2D eigenvalue weighted by atomic mass is 16.4. The molecule has 0 heterocycles. The second kappa shape index (κ2) is 4.50. The molecule has 5 heteroatoms. The fourth-order valence-electron chi connectivity index (χ4n) is 0.675. The van der Waals surface area contributed by atoms with E-state index in [1.165, 1.54) is 6.92 Å². The maximum atomic E-state index is 10.3. The van der Waals surface area contributed by atoms with Crippen molar-refractivity contribution in [3.05, 3.63) is 11.6 Å². The SMILES string of the molecule is CC(O)CC(=CC(=O)O)C(=O)O. The fraction of sp³-hybridized carbons (Fsp3) is 0.429. The summed E-state index contributed by atoms with van der Waals surface area (Å²) in [5, 5.41) is 25.4. The van der Waals surface area contributed by atoms with Crippen molar-refractivity contribution in [2.75, 3.05) is 0 Å². The van der Waals surface area contributed by atoms with Crippen LogP contribution in [0.15, 0.2) is 11.6 Å². The number of aliphatic carboxylic acids is 2. The van der Waals surface area contributed by atoms with E-state index >= 15 is 0 Å². The van der Waals surface area contributed by atoms with Gasteiger partial charge in [0.15, 0.2) is 0 Å². The molecule has 0 fully saturated rings. The number of carbonyl (C=O) groups is 2. The lowest BCUT2D eigenvalue weighted by atomic mass is 10.1. The lowest BCUT2D eigenvalue weighted by molar-refractivity contribution is -0.135. The summed E-state index contributed by atoms with van der Waals surface area (Å²) >= 11 is 0. The maximum absolute atomic E-state index is 10.3. The molecule has 0 aromatic rings. The molecular weight excluding hydrogens is 164 g/mol. The van der Waals surface area contributed by atoms with Crippen LogP contribution in [0.25, 0.3) is 0 Å². The third-order valence-electron chi connectivity index (χ3n) is 1.09. The number of aliphatic hydroxyl groups is 1. The van der Waals surface area contributed by atoms with Crippen molar-refractivity contribution >= 4 is 11.9 Å². The highest BCUT2D eigenvalue weighted by Gasteiger charge is 2.11. The summed E-state index contributed by atoms with van der Waals surface area (Å²) < 4.78 is 0. The first-order valence-corrected chi connectivity index (χ1v) is 3.28. The van der Waals surface area contributed by atoms with Crippen molar-refractivity contribution in [1.82, 2.24) is 0 Å². The summed E-state index contributed by atoms with van der Waals surface area (Å²) in [7, 11) is 0. The first-order chi connectivity index (χ1) is 5.43. The largest absolute Gasteiger partial charge is 0.478 e. The number of carboxylic acids is 2. The molecule has 0 aliphatic heterocycles. The Morgan fingerprint density at radius 3 is 2.17 bits per heavy atom. The van der Waals surface area contributed by atoms with Gasteiger partial charge in [-0.25, -0.2) is 9.59 Å². The molecule has 1 unspecified atom stereocenters. The third kappa shape index (κ3) is 4.45. The molecule has 0 aliphatic rings. The second-order valence-corrected chi connectivity index (χ2v) is 2.37. The standard InChI is InChI=1S/C7H10O5/c1-4(8)2-5(7(11)12)3-6(9)10/h3-4,8H,2H2,1H3,(H,9,10)(H,11,12). The summed E-state index contributed by atoms with van der Waals surface area (Å²) in [5.41, 5.74) is -0.308. The van der Waals surface area contributed by atoms with E-state index in [-0.39, 0.29) is 12.0 Å². The number of hydrogen-bond acceptors (Lipinski definition) is 3. The zero-order chi connectivity index (χ0) is 9.72. The normalized spacial score (nSPS) is 14.0. The van der Waals surface area contributed by atoms with E-state index in [2.05, 4.69) is 0 Å². The monoisotopic (exact) mass is 174 g/mol. The fourth-order valence-corrected chi connectivity index (χ4v) is 0.675. The van der Waals surface area contributed by atoms with Gasteiger partial charge in [-0.1, -0.05) is 0 Å². The molecule has 1 atom stereocenters. The average molecular weight is 174 g/mol. The van der Waals surface area contributed by atoms with Crippen molar-refractivity contribution in [2.45, 2.75) is 19.4 Å². The van der Waals surface area contributed by atoms with E-state index in [0.717, 1.165) is 0 Å². The van der Waals surface area contributed by atoms with Gasteiger partial charge in [0.1, 0.15) is 0 Å². The molecule has 0 aromatic carbocycles. The van der Waals surface area contributed by atoms with Gasteiger partial charge in [-0.05, 0) is 6.92 Å². The number of carboxylic acid groups (broad SMARTS) is 2. The van der Waals surface area contributed by atoms with Crippen molar-refractivity contribution in [1.29, 1.82) is 0 Å². The number of rotatable bonds is 4. The molecule has 5 nitrogen and oxygen atoms in total. The van der Waals surface area contributed by atoms with Gasteiger partial charge in [0.2, 0.25) is 0 Å². The summed E-state index contributed by atoms with van der Waals surface area (Å²) in [6.45, 7) is 1.39. The molecule has 0 amide bonds. The first-order valence-electron chi connectivity index (χ1n) is 3.28. The Bertz CT molecular complexity index is 216. The van der Waals surface area contributed by atoms with Gasteiger partial charge in [0.05, 0.1) is 6.10 Å². The van der Waals surface area contributed by atoms with Crippen LogP contribution in [0.5, 0.6) is 0 Å². The Balaban J connectivity index is 4.44. The Morgan fingerprint density at radius 1 is 1.42 bits per heavy atom. The molecule has 0 aromatic heterocycles.